The van der Waals surface area contributed by atoms with Crippen LogP contribution in [0, 0.1) is 18.3 Å². The standard InChI is InChI=1S/C17H14ClN3/c1-12-3-2-4-15-17(12)20-16(9-10-18)21(15)14-7-5-13(11-19)6-8-14/h2-8H,9-10H2,1H3. The van der Waals surface area contributed by atoms with Gasteiger partial charge in [-0.25, -0.2) is 4.98 Å². The van der Waals surface area contributed by atoms with Crippen LogP contribution in [0.5, 0.6) is 0 Å². The van der Waals surface area contributed by atoms with E-state index in [0.29, 0.717) is 17.9 Å². The van der Waals surface area contributed by atoms with Crippen molar-refractivity contribution in [2.45, 2.75) is 13.3 Å². The third-order valence-electron chi connectivity index (χ3n) is 3.53. The summed E-state index contributed by atoms with van der Waals surface area (Å²) in [5.74, 6) is 1.47. The number of nitrogens with zero attached hydrogens (tertiary/aromatic N) is 3. The number of nitriles is 1. The van der Waals surface area contributed by atoms with Gasteiger partial charge in [-0.1, -0.05) is 12.1 Å². The molecule has 0 spiro atoms. The van der Waals surface area contributed by atoms with E-state index in [9.17, 15) is 0 Å². The molecule has 21 heavy (non-hydrogen) atoms. The molecule has 4 heteroatoms. The van der Waals surface area contributed by atoms with E-state index in [4.69, 9.17) is 21.8 Å². The van der Waals surface area contributed by atoms with Crippen molar-refractivity contribution in [3.8, 4) is 11.8 Å². The van der Waals surface area contributed by atoms with Crippen LogP contribution in [-0.2, 0) is 6.42 Å². The summed E-state index contributed by atoms with van der Waals surface area (Å²) in [4.78, 5) is 4.73. The van der Waals surface area contributed by atoms with Crippen molar-refractivity contribution in [2.75, 3.05) is 5.88 Å². The van der Waals surface area contributed by atoms with Gasteiger partial charge in [0.05, 0.1) is 22.7 Å². The highest BCUT2D eigenvalue weighted by Crippen LogP contribution is 2.24. The Balaban J connectivity index is 2.25. The summed E-state index contributed by atoms with van der Waals surface area (Å²) in [5.41, 5.74) is 4.87. The van der Waals surface area contributed by atoms with Crippen LogP contribution in [0.25, 0.3) is 16.7 Å². The fraction of sp³-hybridized carbons (Fsp3) is 0.176. The lowest BCUT2D eigenvalue weighted by molar-refractivity contribution is 0.912. The molecule has 0 fully saturated rings. The fourth-order valence-corrected chi connectivity index (χ4v) is 2.68. The second-order valence-electron chi connectivity index (χ2n) is 4.90. The van der Waals surface area contributed by atoms with E-state index >= 15 is 0 Å². The van der Waals surface area contributed by atoms with Crippen LogP contribution < -0.4 is 0 Å². The normalized spacial score (nSPS) is 10.7. The van der Waals surface area contributed by atoms with Crippen molar-refractivity contribution in [1.82, 2.24) is 9.55 Å². The minimum atomic E-state index is 0.526. The first kappa shape index (κ1) is 13.7. The SMILES string of the molecule is Cc1cccc2c1nc(CCCl)n2-c1ccc(C#N)cc1. The van der Waals surface area contributed by atoms with E-state index in [0.717, 1.165) is 28.1 Å². The molecule has 0 aliphatic rings. The average molecular weight is 296 g/mol. The van der Waals surface area contributed by atoms with Crippen LogP contribution in [0.2, 0.25) is 0 Å². The lowest BCUT2D eigenvalue weighted by Gasteiger charge is -2.08. The van der Waals surface area contributed by atoms with E-state index in [2.05, 4.69) is 29.7 Å². The minimum absolute atomic E-state index is 0.526. The molecule has 1 heterocycles. The Hall–Kier alpha value is -2.31. The van der Waals surface area contributed by atoms with Crippen LogP contribution >= 0.6 is 11.6 Å². The second kappa shape index (κ2) is 5.59. The number of benzene rings is 2. The van der Waals surface area contributed by atoms with Gasteiger partial charge in [0.15, 0.2) is 0 Å². The molecule has 0 aliphatic carbocycles. The molecule has 0 aliphatic heterocycles. The molecular formula is C17H14ClN3. The summed E-state index contributed by atoms with van der Waals surface area (Å²) >= 11 is 5.91. The van der Waals surface area contributed by atoms with Gasteiger partial charge in [-0.15, -0.1) is 11.6 Å². The van der Waals surface area contributed by atoms with Gasteiger partial charge in [-0.2, -0.15) is 5.26 Å². The van der Waals surface area contributed by atoms with Crippen molar-refractivity contribution in [1.29, 1.82) is 5.26 Å². The molecule has 3 rings (SSSR count). The Morgan fingerprint density at radius 3 is 2.62 bits per heavy atom. The number of imidazole rings is 1. The first-order valence-corrected chi connectivity index (χ1v) is 7.31. The zero-order valence-corrected chi connectivity index (χ0v) is 12.4. The summed E-state index contributed by atoms with van der Waals surface area (Å²) in [6, 6.07) is 15.8. The predicted octanol–water partition coefficient (Wildman–Crippen LogP) is 3.99. The molecule has 104 valence electrons. The quantitative estimate of drug-likeness (QED) is 0.686. The van der Waals surface area contributed by atoms with Crippen LogP contribution in [0.1, 0.15) is 17.0 Å². The maximum Gasteiger partial charge on any atom is 0.115 e. The van der Waals surface area contributed by atoms with Gasteiger partial charge in [0.2, 0.25) is 0 Å². The molecule has 0 N–H and O–H groups in total. The van der Waals surface area contributed by atoms with Crippen LogP contribution in [0.4, 0.5) is 0 Å². The van der Waals surface area contributed by atoms with Crippen LogP contribution in [0.3, 0.4) is 0 Å². The third-order valence-corrected chi connectivity index (χ3v) is 3.72. The van der Waals surface area contributed by atoms with Crippen LogP contribution in [0.15, 0.2) is 42.5 Å². The molecule has 0 saturated heterocycles. The van der Waals surface area contributed by atoms with Gasteiger partial charge < -0.3 is 0 Å². The molecule has 3 aromatic rings. The van der Waals surface area contributed by atoms with Gasteiger partial charge in [0.25, 0.3) is 0 Å². The molecule has 0 atom stereocenters. The number of hydrogen-bond donors (Lipinski definition) is 0. The number of fused-ring (bicyclic) bond motifs is 1. The Kier molecular flexibility index (Phi) is 3.64. The lowest BCUT2D eigenvalue weighted by Crippen LogP contribution is -2.02. The number of rotatable bonds is 3. The Morgan fingerprint density at radius 2 is 1.95 bits per heavy atom. The van der Waals surface area contributed by atoms with E-state index < -0.39 is 0 Å². The molecule has 3 nitrogen and oxygen atoms in total. The summed E-state index contributed by atoms with van der Waals surface area (Å²) in [6.45, 7) is 2.06. The molecule has 2 aromatic carbocycles. The van der Waals surface area contributed by atoms with E-state index in [1.165, 1.54) is 0 Å². The number of halogens is 1. The largest absolute Gasteiger partial charge is 0.296 e. The molecule has 1 aromatic heterocycles. The Morgan fingerprint density at radius 1 is 1.19 bits per heavy atom. The van der Waals surface area contributed by atoms with E-state index in [1.54, 1.807) is 0 Å². The Labute approximate surface area is 128 Å². The summed E-state index contributed by atoms with van der Waals surface area (Å²) in [5, 5.41) is 8.92. The zero-order valence-electron chi connectivity index (χ0n) is 11.7. The summed E-state index contributed by atoms with van der Waals surface area (Å²) < 4.78 is 2.12. The van der Waals surface area contributed by atoms with Gasteiger partial charge in [-0.3, -0.25) is 4.57 Å². The van der Waals surface area contributed by atoms with Gasteiger partial charge in [0, 0.05) is 18.0 Å². The van der Waals surface area contributed by atoms with Gasteiger partial charge >= 0.3 is 0 Å². The van der Waals surface area contributed by atoms with Crippen molar-refractivity contribution in [3.05, 3.63) is 59.4 Å². The third kappa shape index (κ3) is 2.39. The van der Waals surface area contributed by atoms with Gasteiger partial charge in [-0.05, 0) is 42.8 Å². The van der Waals surface area contributed by atoms with Crippen LogP contribution in [-0.4, -0.2) is 15.4 Å². The smallest absolute Gasteiger partial charge is 0.115 e. The number of aryl methyl sites for hydroxylation is 2. The number of hydrogen-bond acceptors (Lipinski definition) is 2. The first-order chi connectivity index (χ1) is 10.2. The summed E-state index contributed by atoms with van der Waals surface area (Å²) in [6.07, 6.45) is 0.704. The maximum atomic E-state index is 8.92. The highest BCUT2D eigenvalue weighted by Gasteiger charge is 2.13. The number of aromatic nitrogens is 2. The summed E-state index contributed by atoms with van der Waals surface area (Å²) in [7, 11) is 0. The molecule has 0 unspecified atom stereocenters. The number of alkyl halides is 1. The first-order valence-electron chi connectivity index (χ1n) is 6.78. The predicted molar refractivity (Wildman–Crippen MR) is 84.9 cm³/mol. The zero-order chi connectivity index (χ0) is 14.8. The average Bonchev–Trinajstić information content (AvgIpc) is 2.87. The van der Waals surface area contributed by atoms with Crippen molar-refractivity contribution in [2.24, 2.45) is 0 Å². The van der Waals surface area contributed by atoms with Crippen molar-refractivity contribution in [3.63, 3.8) is 0 Å². The van der Waals surface area contributed by atoms with Crippen molar-refractivity contribution < 1.29 is 0 Å². The monoisotopic (exact) mass is 295 g/mol. The second-order valence-corrected chi connectivity index (χ2v) is 5.28. The van der Waals surface area contributed by atoms with E-state index in [1.807, 2.05) is 30.3 Å². The van der Waals surface area contributed by atoms with E-state index in [-0.39, 0.29) is 0 Å². The molecule has 0 saturated carbocycles. The molecule has 0 amide bonds. The lowest BCUT2D eigenvalue weighted by atomic mass is 10.2. The highest BCUT2D eigenvalue weighted by molar-refractivity contribution is 6.17. The molecule has 0 radical (unpaired) electrons. The molecule has 0 bridgehead atoms. The Bertz CT molecular complexity index is 826. The topological polar surface area (TPSA) is 41.6 Å². The fourth-order valence-electron chi connectivity index (χ4n) is 2.51. The molecular weight excluding hydrogens is 282 g/mol. The maximum absolute atomic E-state index is 8.92. The van der Waals surface area contributed by atoms with Gasteiger partial charge in [0.1, 0.15) is 5.82 Å². The number of para-hydroxylation sites is 1. The highest BCUT2D eigenvalue weighted by atomic mass is 35.5. The minimum Gasteiger partial charge on any atom is -0.296 e. The van der Waals surface area contributed by atoms with Crippen molar-refractivity contribution >= 4 is 22.6 Å².